The van der Waals surface area contributed by atoms with Gasteiger partial charge in [0.1, 0.15) is 17.0 Å². The molecule has 0 aliphatic rings. The van der Waals surface area contributed by atoms with Crippen LogP contribution in [0.25, 0.3) is 11.4 Å². The summed E-state index contributed by atoms with van der Waals surface area (Å²) in [6, 6.07) is 11.6. The highest BCUT2D eigenvalue weighted by atomic mass is 79.9. The fraction of sp³-hybridized carbons (Fsp3) is 0.250. The lowest BCUT2D eigenvalue weighted by molar-refractivity contribution is 0.111. The Morgan fingerprint density at radius 2 is 2.04 bits per heavy atom. The van der Waals surface area contributed by atoms with Crippen molar-refractivity contribution >= 4 is 22.2 Å². The smallest absolute Gasteiger partial charge is 0.154 e. The number of carbonyl (C=O) groups excluding carboxylic acids is 1. The van der Waals surface area contributed by atoms with E-state index >= 15 is 0 Å². The number of aryl methyl sites for hydroxylation is 1. The monoisotopic (exact) mass is 413 g/mol. The predicted octanol–water partition coefficient (Wildman–Crippen LogP) is 4.99. The number of aldehydes is 1. The maximum Gasteiger partial charge on any atom is 0.154 e. The number of nitrogens with zero attached hydrogens (tertiary/aromatic N) is 3. The SMILES string of the molecule is Cc1cccc(OCc2ccc(Br)nc2-c2ccnn2C(C)C)c1C=O. The summed E-state index contributed by atoms with van der Waals surface area (Å²) in [4.78, 5) is 16.0. The molecule has 2 heterocycles. The third kappa shape index (κ3) is 3.70. The van der Waals surface area contributed by atoms with Gasteiger partial charge in [0.2, 0.25) is 0 Å². The summed E-state index contributed by atoms with van der Waals surface area (Å²) < 4.78 is 8.64. The lowest BCUT2D eigenvalue weighted by Crippen LogP contribution is -2.08. The summed E-state index contributed by atoms with van der Waals surface area (Å²) in [6.07, 6.45) is 2.60. The van der Waals surface area contributed by atoms with E-state index in [2.05, 4.69) is 39.9 Å². The summed E-state index contributed by atoms with van der Waals surface area (Å²) in [7, 11) is 0. The molecule has 5 nitrogen and oxygen atoms in total. The second kappa shape index (κ2) is 7.83. The zero-order chi connectivity index (χ0) is 18.7. The number of ether oxygens (including phenoxy) is 1. The molecule has 0 bridgehead atoms. The summed E-state index contributed by atoms with van der Waals surface area (Å²) in [5.74, 6) is 0.575. The van der Waals surface area contributed by atoms with Gasteiger partial charge in [-0.2, -0.15) is 5.10 Å². The topological polar surface area (TPSA) is 57.0 Å². The van der Waals surface area contributed by atoms with Crippen molar-refractivity contribution in [2.45, 2.75) is 33.4 Å². The van der Waals surface area contributed by atoms with Gasteiger partial charge in [0.25, 0.3) is 0 Å². The number of rotatable bonds is 6. The second-order valence-corrected chi connectivity index (χ2v) is 7.10. The van der Waals surface area contributed by atoms with Crippen LogP contribution in [0.1, 0.15) is 41.4 Å². The highest BCUT2D eigenvalue weighted by Gasteiger charge is 2.15. The molecule has 3 aromatic rings. The van der Waals surface area contributed by atoms with Crippen molar-refractivity contribution in [3.63, 3.8) is 0 Å². The van der Waals surface area contributed by atoms with E-state index in [0.717, 1.165) is 33.4 Å². The molecule has 0 amide bonds. The molecule has 0 unspecified atom stereocenters. The van der Waals surface area contributed by atoms with E-state index in [9.17, 15) is 4.79 Å². The van der Waals surface area contributed by atoms with Crippen LogP contribution in [0.4, 0.5) is 0 Å². The van der Waals surface area contributed by atoms with Crippen molar-refractivity contribution in [3.05, 3.63) is 63.9 Å². The fourth-order valence-corrected chi connectivity index (χ4v) is 3.11. The first kappa shape index (κ1) is 18.3. The molecule has 0 saturated carbocycles. The van der Waals surface area contributed by atoms with E-state index in [4.69, 9.17) is 4.74 Å². The number of aromatic nitrogens is 3. The van der Waals surface area contributed by atoms with Gasteiger partial charge in [-0.05, 0) is 60.5 Å². The molecule has 0 radical (unpaired) electrons. The van der Waals surface area contributed by atoms with Gasteiger partial charge in [-0.3, -0.25) is 9.48 Å². The third-order valence-electron chi connectivity index (χ3n) is 4.13. The third-order valence-corrected chi connectivity index (χ3v) is 4.57. The molecule has 0 fully saturated rings. The average Bonchev–Trinajstić information content (AvgIpc) is 3.10. The Kier molecular flexibility index (Phi) is 5.52. The lowest BCUT2D eigenvalue weighted by Gasteiger charge is -2.15. The van der Waals surface area contributed by atoms with Crippen molar-refractivity contribution in [1.29, 1.82) is 0 Å². The first-order valence-electron chi connectivity index (χ1n) is 8.38. The highest BCUT2D eigenvalue weighted by molar-refractivity contribution is 9.10. The quantitative estimate of drug-likeness (QED) is 0.421. The Morgan fingerprint density at radius 3 is 2.77 bits per heavy atom. The van der Waals surface area contributed by atoms with Crippen LogP contribution in [0.15, 0.2) is 47.2 Å². The fourth-order valence-electron chi connectivity index (χ4n) is 2.80. The number of carbonyl (C=O) groups is 1. The van der Waals surface area contributed by atoms with Crippen LogP contribution in [0, 0.1) is 6.92 Å². The molecule has 0 saturated heterocycles. The maximum absolute atomic E-state index is 11.4. The zero-order valence-corrected chi connectivity index (χ0v) is 16.5. The van der Waals surface area contributed by atoms with Crippen LogP contribution in [0.3, 0.4) is 0 Å². The van der Waals surface area contributed by atoms with Crippen LogP contribution < -0.4 is 4.74 Å². The minimum atomic E-state index is 0.216. The summed E-state index contributed by atoms with van der Waals surface area (Å²) >= 11 is 3.44. The van der Waals surface area contributed by atoms with Crippen LogP contribution >= 0.6 is 15.9 Å². The molecule has 3 rings (SSSR count). The van der Waals surface area contributed by atoms with Gasteiger partial charge in [0, 0.05) is 17.8 Å². The minimum Gasteiger partial charge on any atom is -0.488 e. The number of pyridine rings is 1. The molecule has 2 aromatic heterocycles. The summed E-state index contributed by atoms with van der Waals surface area (Å²) in [6.45, 7) is 6.36. The standard InChI is InChI=1S/C20H20BrN3O2/c1-13(2)24-17(9-10-22-24)20-15(7-8-19(21)23-20)12-26-18-6-4-5-14(3)16(18)11-25/h4-11,13H,12H2,1-3H3. The Morgan fingerprint density at radius 1 is 1.23 bits per heavy atom. The van der Waals surface area contributed by atoms with E-state index in [1.165, 1.54) is 0 Å². The highest BCUT2D eigenvalue weighted by Crippen LogP contribution is 2.28. The number of halogens is 1. The molecule has 134 valence electrons. The number of hydrogen-bond donors (Lipinski definition) is 0. The van der Waals surface area contributed by atoms with Crippen molar-refractivity contribution in [2.75, 3.05) is 0 Å². The van der Waals surface area contributed by atoms with E-state index in [1.807, 2.05) is 41.9 Å². The molecule has 0 atom stereocenters. The van der Waals surface area contributed by atoms with Gasteiger partial charge < -0.3 is 4.74 Å². The lowest BCUT2D eigenvalue weighted by atomic mass is 10.1. The Hall–Kier alpha value is -2.47. The molecular weight excluding hydrogens is 394 g/mol. The van der Waals surface area contributed by atoms with Crippen LogP contribution in [-0.2, 0) is 6.61 Å². The molecular formula is C20H20BrN3O2. The predicted molar refractivity (Wildman–Crippen MR) is 104 cm³/mol. The van der Waals surface area contributed by atoms with Crippen LogP contribution in [-0.4, -0.2) is 21.1 Å². The van der Waals surface area contributed by atoms with E-state index in [0.29, 0.717) is 17.9 Å². The number of hydrogen-bond acceptors (Lipinski definition) is 4. The van der Waals surface area contributed by atoms with Gasteiger partial charge in [0.05, 0.1) is 17.0 Å². The number of benzene rings is 1. The van der Waals surface area contributed by atoms with Crippen LogP contribution in [0.2, 0.25) is 0 Å². The molecule has 0 spiro atoms. The van der Waals surface area contributed by atoms with E-state index in [1.54, 1.807) is 12.3 Å². The zero-order valence-electron chi connectivity index (χ0n) is 14.9. The van der Waals surface area contributed by atoms with E-state index < -0.39 is 0 Å². The molecule has 0 N–H and O–H groups in total. The van der Waals surface area contributed by atoms with E-state index in [-0.39, 0.29) is 6.04 Å². The molecule has 26 heavy (non-hydrogen) atoms. The summed E-state index contributed by atoms with van der Waals surface area (Å²) in [5.41, 5.74) is 4.13. The first-order valence-corrected chi connectivity index (χ1v) is 9.17. The molecule has 6 heteroatoms. The average molecular weight is 414 g/mol. The van der Waals surface area contributed by atoms with Crippen molar-refractivity contribution in [1.82, 2.24) is 14.8 Å². The minimum absolute atomic E-state index is 0.216. The van der Waals surface area contributed by atoms with Gasteiger partial charge in [-0.15, -0.1) is 0 Å². The Bertz CT molecular complexity index is 935. The first-order chi connectivity index (χ1) is 12.5. The van der Waals surface area contributed by atoms with Crippen molar-refractivity contribution in [3.8, 4) is 17.1 Å². The normalized spacial score (nSPS) is 11.0. The van der Waals surface area contributed by atoms with Gasteiger partial charge >= 0.3 is 0 Å². The summed E-state index contributed by atoms with van der Waals surface area (Å²) in [5, 5.41) is 4.39. The maximum atomic E-state index is 11.4. The molecule has 0 aliphatic carbocycles. The van der Waals surface area contributed by atoms with Crippen LogP contribution in [0.5, 0.6) is 5.75 Å². The van der Waals surface area contributed by atoms with Crippen molar-refractivity contribution < 1.29 is 9.53 Å². The van der Waals surface area contributed by atoms with Crippen molar-refractivity contribution in [2.24, 2.45) is 0 Å². The molecule has 0 aliphatic heterocycles. The van der Waals surface area contributed by atoms with Gasteiger partial charge in [-0.25, -0.2) is 4.98 Å². The molecule has 1 aromatic carbocycles. The second-order valence-electron chi connectivity index (χ2n) is 6.29. The largest absolute Gasteiger partial charge is 0.488 e. The Balaban J connectivity index is 1.96. The van der Waals surface area contributed by atoms with Gasteiger partial charge in [-0.1, -0.05) is 18.2 Å². The Labute approximate surface area is 161 Å². The van der Waals surface area contributed by atoms with Gasteiger partial charge in [0.15, 0.2) is 6.29 Å².